The molecule has 1 saturated heterocycles. The first-order chi connectivity index (χ1) is 25.4. The molecule has 1 fully saturated rings. The summed E-state index contributed by atoms with van der Waals surface area (Å²) in [6, 6.07) is 3.42. The van der Waals surface area contributed by atoms with Crippen LogP contribution in [0.5, 0.6) is 23.0 Å². The first-order valence-corrected chi connectivity index (χ1v) is 17.6. The number of sulfonamides is 1. The van der Waals surface area contributed by atoms with Gasteiger partial charge in [-0.05, 0) is 61.2 Å². The predicted octanol–water partition coefficient (Wildman–Crippen LogP) is 0.866. The number of hydrogen-bond donors (Lipinski definition) is 8. The Morgan fingerprint density at radius 3 is 2.44 bits per heavy atom. The molecule has 0 unspecified atom stereocenters. The zero-order chi connectivity index (χ0) is 39.6. The molecular formula is C32H32BF2N5O13S. The zero-order valence-corrected chi connectivity index (χ0v) is 28.9. The van der Waals surface area contributed by atoms with Crippen molar-refractivity contribution in [2.45, 2.75) is 31.7 Å². The van der Waals surface area contributed by atoms with Gasteiger partial charge in [0.2, 0.25) is 15.9 Å². The SMILES string of the molecule is Cc1c([C@@H](NC(=O)N2CCN(S(=O)(=O)CCCNC(=O)c3cccc(O)c3)C2=O)C(=O)N[C@H]2Cc3ccc(F)c(C(=O)O)c3OB2O)cc(F)c(O)c1O. The largest absolute Gasteiger partial charge is 0.547 e. The van der Waals surface area contributed by atoms with Crippen molar-refractivity contribution in [3.05, 3.63) is 81.9 Å². The van der Waals surface area contributed by atoms with Gasteiger partial charge in [0.15, 0.2) is 17.3 Å². The molecule has 3 aromatic carbocycles. The fourth-order valence-corrected chi connectivity index (χ4v) is 7.26. The maximum absolute atomic E-state index is 14.7. The summed E-state index contributed by atoms with van der Waals surface area (Å²) in [6.07, 6.45) is -0.470. The number of fused-ring (bicyclic) bond motifs is 1. The van der Waals surface area contributed by atoms with Crippen LogP contribution in [0.2, 0.25) is 0 Å². The summed E-state index contributed by atoms with van der Waals surface area (Å²) in [7, 11) is -6.32. The minimum Gasteiger partial charge on any atom is -0.534 e. The van der Waals surface area contributed by atoms with Gasteiger partial charge < -0.3 is 46.1 Å². The van der Waals surface area contributed by atoms with Crippen molar-refractivity contribution in [1.29, 1.82) is 0 Å². The summed E-state index contributed by atoms with van der Waals surface area (Å²) >= 11 is 0. The van der Waals surface area contributed by atoms with Crippen LogP contribution in [0.4, 0.5) is 18.4 Å². The van der Waals surface area contributed by atoms with Crippen molar-refractivity contribution in [2.75, 3.05) is 25.4 Å². The van der Waals surface area contributed by atoms with Gasteiger partial charge in [-0.1, -0.05) is 12.1 Å². The molecule has 0 aromatic heterocycles. The lowest BCUT2D eigenvalue weighted by molar-refractivity contribution is -0.123. The van der Waals surface area contributed by atoms with Gasteiger partial charge in [-0.15, -0.1) is 0 Å². The molecule has 2 aliphatic heterocycles. The lowest BCUT2D eigenvalue weighted by atomic mass is 9.72. The van der Waals surface area contributed by atoms with Crippen molar-refractivity contribution in [1.82, 2.24) is 25.2 Å². The molecule has 54 heavy (non-hydrogen) atoms. The van der Waals surface area contributed by atoms with Crippen LogP contribution in [-0.2, 0) is 21.2 Å². The van der Waals surface area contributed by atoms with E-state index in [1.807, 2.05) is 0 Å². The summed E-state index contributed by atoms with van der Waals surface area (Å²) in [4.78, 5) is 64.7. The highest BCUT2D eigenvalue weighted by Gasteiger charge is 2.43. The third-order valence-corrected chi connectivity index (χ3v) is 10.5. The molecule has 8 N–H and O–H groups in total. The highest BCUT2D eigenvalue weighted by Crippen LogP contribution is 2.37. The van der Waals surface area contributed by atoms with E-state index in [1.54, 1.807) is 0 Å². The maximum atomic E-state index is 14.7. The molecule has 0 spiro atoms. The molecule has 0 radical (unpaired) electrons. The van der Waals surface area contributed by atoms with Crippen LogP contribution in [0.1, 0.15) is 49.9 Å². The fourth-order valence-electron chi connectivity index (χ4n) is 5.83. The van der Waals surface area contributed by atoms with E-state index in [0.717, 1.165) is 19.1 Å². The van der Waals surface area contributed by atoms with E-state index in [2.05, 4.69) is 16.0 Å². The van der Waals surface area contributed by atoms with Crippen molar-refractivity contribution >= 4 is 47.0 Å². The second-order valence-electron chi connectivity index (χ2n) is 12.2. The van der Waals surface area contributed by atoms with E-state index in [9.17, 15) is 66.6 Å². The van der Waals surface area contributed by atoms with Crippen LogP contribution >= 0.6 is 0 Å². The first kappa shape index (κ1) is 39.1. The number of amides is 6. The molecule has 22 heteroatoms. The van der Waals surface area contributed by atoms with Gasteiger partial charge in [0.05, 0.1) is 24.8 Å². The van der Waals surface area contributed by atoms with E-state index in [4.69, 9.17) is 4.65 Å². The second kappa shape index (κ2) is 15.4. The van der Waals surface area contributed by atoms with E-state index in [0.29, 0.717) is 15.3 Å². The number of carbonyl (C=O) groups excluding carboxylic acids is 4. The van der Waals surface area contributed by atoms with Gasteiger partial charge in [0, 0.05) is 17.7 Å². The number of imide groups is 1. The number of carboxylic acids is 1. The Morgan fingerprint density at radius 2 is 1.76 bits per heavy atom. The number of nitrogens with zero attached hydrogens (tertiary/aromatic N) is 2. The lowest BCUT2D eigenvalue weighted by Gasteiger charge is -2.31. The molecule has 286 valence electrons. The van der Waals surface area contributed by atoms with E-state index in [1.165, 1.54) is 24.3 Å². The molecule has 5 rings (SSSR count). The summed E-state index contributed by atoms with van der Waals surface area (Å²) in [5.74, 6) is -10.9. The van der Waals surface area contributed by atoms with Crippen molar-refractivity contribution in [3.63, 3.8) is 0 Å². The standard InChI is InChI=1S/C32H32BF2N5O13S/c1-15-19(14-21(35)26(43)25(15)42)24(29(45)37-22-13-16-6-7-20(34)23(30(46)47)27(16)53-33(22)50)38-31(48)39-9-10-40(32(39)49)54(51,52)11-3-8-36-28(44)17-4-2-5-18(41)12-17/h2,4-7,12,14,22,24,41-43,50H,3,8-11,13H2,1H3,(H,36,44)(H,37,45)(H,38,48)(H,46,47)/t22-,24+/m0/s1. The van der Waals surface area contributed by atoms with Gasteiger partial charge in [0.1, 0.15) is 28.9 Å². The molecule has 0 saturated carbocycles. The number of nitrogens with one attached hydrogen (secondary N) is 3. The average molecular weight is 776 g/mol. The van der Waals surface area contributed by atoms with Crippen LogP contribution in [-0.4, -0.2) is 111 Å². The predicted molar refractivity (Wildman–Crippen MR) is 181 cm³/mol. The number of halogens is 2. The Bertz CT molecular complexity index is 2160. The van der Waals surface area contributed by atoms with Crippen LogP contribution in [0.25, 0.3) is 0 Å². The van der Waals surface area contributed by atoms with Gasteiger partial charge in [-0.2, -0.15) is 0 Å². The van der Waals surface area contributed by atoms with Crippen LogP contribution < -0.4 is 20.6 Å². The number of carbonyl (C=O) groups is 5. The second-order valence-corrected chi connectivity index (χ2v) is 14.2. The van der Waals surface area contributed by atoms with Gasteiger partial charge in [0.25, 0.3) is 5.91 Å². The number of urea groups is 2. The molecule has 2 aliphatic rings. The van der Waals surface area contributed by atoms with E-state index < -0.39 is 118 Å². The Balaban J connectivity index is 1.30. The van der Waals surface area contributed by atoms with Crippen LogP contribution in [0.3, 0.4) is 0 Å². The number of benzene rings is 3. The molecule has 2 atom stereocenters. The van der Waals surface area contributed by atoms with Crippen molar-refractivity contribution in [3.8, 4) is 23.0 Å². The lowest BCUT2D eigenvalue weighted by Crippen LogP contribution is -2.56. The Kier molecular flexibility index (Phi) is 11.2. The molecule has 0 bridgehead atoms. The summed E-state index contributed by atoms with van der Waals surface area (Å²) in [6.45, 7) is 0.0539. The number of rotatable bonds is 11. The van der Waals surface area contributed by atoms with Gasteiger partial charge in [-0.3, -0.25) is 9.59 Å². The number of aromatic hydroxyl groups is 3. The minimum atomic E-state index is -4.35. The molecular weight excluding hydrogens is 743 g/mol. The highest BCUT2D eigenvalue weighted by atomic mass is 32.2. The zero-order valence-electron chi connectivity index (χ0n) is 28.1. The number of carboxylic acid groups (broad SMARTS) is 1. The summed E-state index contributed by atoms with van der Waals surface area (Å²) < 4.78 is 60.6. The molecule has 3 aromatic rings. The number of phenolic OH excluding ortho intramolecular Hbond substituents is 3. The molecule has 18 nitrogen and oxygen atoms in total. The van der Waals surface area contributed by atoms with Crippen LogP contribution in [0, 0.1) is 18.6 Å². The number of aromatic carboxylic acids is 1. The topological polar surface area (TPSA) is 272 Å². The van der Waals surface area contributed by atoms with Crippen molar-refractivity contribution in [2.24, 2.45) is 0 Å². The third kappa shape index (κ3) is 7.93. The maximum Gasteiger partial charge on any atom is 0.547 e. The average Bonchev–Trinajstić information content (AvgIpc) is 3.52. The first-order valence-electron chi connectivity index (χ1n) is 16.0. The van der Waals surface area contributed by atoms with Crippen molar-refractivity contribution < 1.29 is 71.3 Å². The fraction of sp³-hybridized carbons (Fsp3) is 0.281. The molecule has 0 aliphatic carbocycles. The Morgan fingerprint density at radius 1 is 1.04 bits per heavy atom. The number of hydrogen-bond acceptors (Lipinski definition) is 12. The van der Waals surface area contributed by atoms with Crippen LogP contribution in [0.15, 0.2) is 42.5 Å². The Hall–Kier alpha value is -6.16. The molecule has 2 heterocycles. The highest BCUT2D eigenvalue weighted by molar-refractivity contribution is 7.89. The minimum absolute atomic E-state index is 0.0670. The monoisotopic (exact) mass is 775 g/mol. The normalized spacial score (nSPS) is 16.0. The van der Waals surface area contributed by atoms with Gasteiger partial charge in [-0.25, -0.2) is 40.8 Å². The van der Waals surface area contributed by atoms with Gasteiger partial charge >= 0.3 is 25.1 Å². The third-order valence-electron chi connectivity index (χ3n) is 8.64. The van der Waals surface area contributed by atoms with E-state index in [-0.39, 0.29) is 41.8 Å². The molecule has 6 amide bonds. The smallest absolute Gasteiger partial charge is 0.534 e. The van der Waals surface area contributed by atoms with E-state index >= 15 is 0 Å². The quantitative estimate of drug-likeness (QED) is 0.0764. The summed E-state index contributed by atoms with van der Waals surface area (Å²) in [5.41, 5.74) is -1.40. The Labute approximate surface area is 305 Å². The summed E-state index contributed by atoms with van der Waals surface area (Å²) in [5, 5.41) is 56.8. The number of phenols is 3.